The van der Waals surface area contributed by atoms with Gasteiger partial charge < -0.3 is 14.7 Å². The van der Waals surface area contributed by atoms with E-state index in [1.807, 2.05) is 0 Å². The molecule has 0 radical (unpaired) electrons. The normalized spacial score (nSPS) is 15.6. The van der Waals surface area contributed by atoms with Gasteiger partial charge in [-0.1, -0.05) is 127 Å². The molecule has 47 heavy (non-hydrogen) atoms. The van der Waals surface area contributed by atoms with E-state index in [0.717, 1.165) is 70.9 Å². The number of unbranched alkanes of at least 4 members (excludes halogenated alkanes) is 16. The third-order valence-corrected chi connectivity index (χ3v) is 8.55. The first kappa shape index (κ1) is 44.9. The maximum Gasteiger partial charge on any atom is 0.306 e. The van der Waals surface area contributed by atoms with Crippen molar-refractivity contribution in [2.24, 2.45) is 0 Å². The van der Waals surface area contributed by atoms with Gasteiger partial charge in [0.25, 0.3) is 0 Å². The van der Waals surface area contributed by atoms with Crippen LogP contribution in [0.3, 0.4) is 0 Å². The molecule has 1 rings (SSSR count). The molecule has 1 aliphatic rings. The van der Waals surface area contributed by atoms with Gasteiger partial charge in [0.1, 0.15) is 6.10 Å². The predicted octanol–water partition coefficient (Wildman–Crippen LogP) is 12.3. The maximum atomic E-state index is 11.9. The van der Waals surface area contributed by atoms with Gasteiger partial charge in [0.05, 0.1) is 0 Å². The Morgan fingerprint density at radius 3 is 1.49 bits per heavy atom. The molecule has 0 aromatic heterocycles. The third kappa shape index (κ3) is 36.5. The number of carboxylic acid groups (broad SMARTS) is 1. The number of rotatable bonds is 29. The van der Waals surface area contributed by atoms with Crippen LogP contribution >= 0.6 is 0 Å². The number of hydrogen-bond donors (Lipinski definition) is 1. The van der Waals surface area contributed by atoms with Gasteiger partial charge in [0.15, 0.2) is 0 Å². The Hall–Kier alpha value is -2.14. The van der Waals surface area contributed by atoms with E-state index >= 15 is 0 Å². The third-order valence-electron chi connectivity index (χ3n) is 8.55. The first-order chi connectivity index (χ1) is 23.0. The van der Waals surface area contributed by atoms with Gasteiger partial charge in [-0.05, 0) is 103 Å². The summed E-state index contributed by atoms with van der Waals surface area (Å²) in [6, 6.07) is 0. The average molecular weight is 658 g/mol. The largest absolute Gasteiger partial charge is 0.481 e. The van der Waals surface area contributed by atoms with E-state index < -0.39 is 5.97 Å². The number of carbonyl (C=O) groups excluding carboxylic acids is 1. The molecule has 5 nitrogen and oxygen atoms in total. The highest BCUT2D eigenvalue weighted by Crippen LogP contribution is 2.14. The fourth-order valence-electron chi connectivity index (χ4n) is 5.63. The maximum absolute atomic E-state index is 11.9. The molecule has 1 saturated heterocycles. The quantitative estimate of drug-likeness (QED) is 0.0492. The van der Waals surface area contributed by atoms with Crippen molar-refractivity contribution in [2.45, 2.75) is 187 Å². The van der Waals surface area contributed by atoms with Crippen molar-refractivity contribution in [2.75, 3.05) is 20.1 Å². The van der Waals surface area contributed by atoms with Crippen molar-refractivity contribution in [3.63, 3.8) is 0 Å². The van der Waals surface area contributed by atoms with Crippen molar-refractivity contribution in [1.29, 1.82) is 0 Å². The minimum absolute atomic E-state index is 0.000909. The first-order valence-corrected chi connectivity index (χ1v) is 19.7. The number of nitrogens with zero attached hydrogens (tertiary/aromatic N) is 1. The van der Waals surface area contributed by atoms with Crippen molar-refractivity contribution in [1.82, 2.24) is 4.90 Å². The van der Waals surface area contributed by atoms with E-state index in [9.17, 15) is 9.59 Å². The molecular weight excluding hydrogens is 582 g/mol. The lowest BCUT2D eigenvalue weighted by molar-refractivity contribution is -0.151. The second-order valence-corrected chi connectivity index (χ2v) is 13.4. The summed E-state index contributed by atoms with van der Waals surface area (Å²) in [7, 11) is 2.10. The van der Waals surface area contributed by atoms with Gasteiger partial charge in [0.2, 0.25) is 0 Å². The second-order valence-electron chi connectivity index (χ2n) is 13.4. The molecule has 1 atom stereocenters. The molecule has 0 aromatic carbocycles. The Morgan fingerprint density at radius 1 is 0.617 bits per heavy atom. The fraction of sp³-hybridized carbons (Fsp3) is 0.762. The number of carbonyl (C=O) groups is 2. The number of aliphatic carboxylic acids is 1. The van der Waals surface area contributed by atoms with E-state index in [1.54, 1.807) is 0 Å². The molecular formula is C42H75NO4. The lowest BCUT2D eigenvalue weighted by Crippen LogP contribution is -2.38. The van der Waals surface area contributed by atoms with Crippen LogP contribution in [0.5, 0.6) is 0 Å². The van der Waals surface area contributed by atoms with E-state index in [2.05, 4.69) is 74.4 Å². The monoisotopic (exact) mass is 658 g/mol. The van der Waals surface area contributed by atoms with E-state index in [0.29, 0.717) is 12.8 Å². The summed E-state index contributed by atoms with van der Waals surface area (Å²) in [5, 5.41) is 8.50. The van der Waals surface area contributed by atoms with E-state index in [-0.39, 0.29) is 12.1 Å². The number of carboxylic acids is 1. The molecule has 0 amide bonds. The molecule has 272 valence electrons. The highest BCUT2D eigenvalue weighted by Gasteiger charge is 2.20. The van der Waals surface area contributed by atoms with Crippen LogP contribution in [0.25, 0.3) is 0 Å². The summed E-state index contributed by atoms with van der Waals surface area (Å²) >= 11 is 0. The van der Waals surface area contributed by atoms with Gasteiger partial charge in [-0.25, -0.2) is 0 Å². The predicted molar refractivity (Wildman–Crippen MR) is 203 cm³/mol. The van der Waals surface area contributed by atoms with E-state index in [4.69, 9.17) is 9.84 Å². The number of likely N-dealkylation sites (tertiary alicyclic amines) is 1. The summed E-state index contributed by atoms with van der Waals surface area (Å²) in [6.45, 7) is 6.50. The van der Waals surface area contributed by atoms with Crippen LogP contribution in [0.4, 0.5) is 0 Å². The smallest absolute Gasteiger partial charge is 0.306 e. The van der Waals surface area contributed by atoms with Gasteiger partial charge in [0, 0.05) is 19.4 Å². The fourth-order valence-corrected chi connectivity index (χ4v) is 5.63. The zero-order chi connectivity index (χ0) is 34.5. The van der Waals surface area contributed by atoms with Crippen LogP contribution in [-0.4, -0.2) is 48.2 Å². The van der Waals surface area contributed by atoms with Crippen LogP contribution in [-0.2, 0) is 14.3 Å². The zero-order valence-corrected chi connectivity index (χ0v) is 31.1. The molecule has 0 saturated carbocycles. The summed E-state index contributed by atoms with van der Waals surface area (Å²) < 4.78 is 5.59. The minimum atomic E-state index is -0.671. The average Bonchev–Trinajstić information content (AvgIpc) is 3.05. The van der Waals surface area contributed by atoms with Crippen LogP contribution in [0.1, 0.15) is 181 Å². The van der Waals surface area contributed by atoms with Crippen molar-refractivity contribution >= 4 is 11.9 Å². The molecule has 0 aliphatic carbocycles. The highest BCUT2D eigenvalue weighted by molar-refractivity contribution is 5.69. The van der Waals surface area contributed by atoms with Crippen molar-refractivity contribution < 1.29 is 19.4 Å². The lowest BCUT2D eigenvalue weighted by atomic mass is 10.1. The molecule has 0 bridgehead atoms. The molecule has 1 N–H and O–H groups in total. The Kier molecular flexibility index (Phi) is 35.0. The summed E-state index contributed by atoms with van der Waals surface area (Å²) in [4.78, 5) is 24.5. The SMILES string of the molecule is CCCCC/C=C\C/C=C\CCCCCCCC(=O)O.CCCCC/C=C\C/C=C\CCCCCCCC(=O)OC1CCCN(C)C1. The number of esters is 1. The number of piperidine rings is 1. The molecule has 1 fully saturated rings. The number of likely N-dealkylation sites (N-methyl/N-ethyl adjacent to an activating group) is 1. The van der Waals surface area contributed by atoms with E-state index in [1.165, 1.54) is 96.3 Å². The second kappa shape index (κ2) is 36.7. The first-order valence-electron chi connectivity index (χ1n) is 19.7. The molecule has 1 heterocycles. The minimum Gasteiger partial charge on any atom is -0.481 e. The van der Waals surface area contributed by atoms with Crippen LogP contribution in [0.15, 0.2) is 48.6 Å². The number of hydrogen-bond acceptors (Lipinski definition) is 4. The Morgan fingerprint density at radius 2 is 1.04 bits per heavy atom. The topological polar surface area (TPSA) is 66.8 Å². The van der Waals surface area contributed by atoms with Crippen molar-refractivity contribution in [3.05, 3.63) is 48.6 Å². The summed E-state index contributed by atoms with van der Waals surface area (Å²) in [5.74, 6) is -0.670. The summed E-state index contributed by atoms with van der Waals surface area (Å²) in [6.07, 6.45) is 47.7. The zero-order valence-electron chi connectivity index (χ0n) is 31.1. The Balaban J connectivity index is 0.000000945. The van der Waals surface area contributed by atoms with Gasteiger partial charge in [-0.15, -0.1) is 0 Å². The molecule has 0 spiro atoms. The van der Waals surface area contributed by atoms with Crippen molar-refractivity contribution in [3.8, 4) is 0 Å². The molecule has 1 unspecified atom stereocenters. The number of allylic oxidation sites excluding steroid dienone is 8. The van der Waals surface area contributed by atoms with Crippen LogP contribution in [0, 0.1) is 0 Å². The standard InChI is InChI=1S/C24H43NO2.C18H32O2/c1-3-4-5-6-7-8-9-10-11-12-13-14-15-16-17-20-24(26)27-23-19-18-21-25(2)22-23;1-2-3-4-5-6-7-8-9-10-11-12-13-14-15-16-17-18(19)20/h7-8,10-11,23H,3-6,9,12-22H2,1-2H3;6-7,9-10H,2-5,8,11-17H2,1H3,(H,19,20)/b8-7-,11-10-;7-6-,10-9-. The van der Waals surface area contributed by atoms with Crippen LogP contribution in [0.2, 0.25) is 0 Å². The molecule has 1 aliphatic heterocycles. The number of ether oxygens (including phenoxy) is 1. The Labute approximate surface area is 291 Å². The highest BCUT2D eigenvalue weighted by atomic mass is 16.5. The van der Waals surface area contributed by atoms with Crippen LogP contribution < -0.4 is 0 Å². The van der Waals surface area contributed by atoms with Gasteiger partial charge >= 0.3 is 11.9 Å². The Bertz CT molecular complexity index is 815. The van der Waals surface area contributed by atoms with Gasteiger partial charge in [-0.3, -0.25) is 9.59 Å². The van der Waals surface area contributed by atoms with Gasteiger partial charge in [-0.2, -0.15) is 0 Å². The molecule has 5 heteroatoms. The summed E-state index contributed by atoms with van der Waals surface area (Å²) in [5.41, 5.74) is 0. The molecule has 0 aromatic rings. The lowest BCUT2D eigenvalue weighted by Gasteiger charge is -2.29.